The van der Waals surface area contributed by atoms with Crippen LogP contribution in [0.15, 0.2) is 35.8 Å². The van der Waals surface area contributed by atoms with E-state index in [1.165, 1.54) is 34.9 Å². The van der Waals surface area contributed by atoms with Crippen LogP contribution in [0, 0.1) is 5.41 Å². The van der Waals surface area contributed by atoms with E-state index in [0.29, 0.717) is 88.8 Å². The van der Waals surface area contributed by atoms with Gasteiger partial charge in [-0.3, -0.25) is 29.3 Å². The number of nitrogens with zero attached hydrogens (tertiary/aromatic N) is 6. The summed E-state index contributed by atoms with van der Waals surface area (Å²) in [5.41, 5.74) is 5.07. The number of carbonyl (C=O) groups excluding carboxylic acids is 3. The van der Waals surface area contributed by atoms with Gasteiger partial charge in [0.1, 0.15) is 24.2 Å². The van der Waals surface area contributed by atoms with Crippen LogP contribution in [-0.4, -0.2) is 143 Å². The first-order chi connectivity index (χ1) is 32.5. The van der Waals surface area contributed by atoms with Gasteiger partial charge in [-0.1, -0.05) is 19.9 Å². The number of morpholine rings is 1. The molecule has 17 nitrogen and oxygen atoms in total. The fourth-order valence-corrected chi connectivity index (χ4v) is 10.0. The minimum absolute atomic E-state index is 0.00264. The van der Waals surface area contributed by atoms with Crippen LogP contribution in [0.1, 0.15) is 83.7 Å². The minimum Gasteiger partial charge on any atom is -0.480 e. The van der Waals surface area contributed by atoms with Crippen LogP contribution in [0.5, 0.6) is 0 Å². The summed E-state index contributed by atoms with van der Waals surface area (Å²) in [5, 5.41) is 16.3. The van der Waals surface area contributed by atoms with Crippen molar-refractivity contribution in [3.05, 3.63) is 52.1 Å². The first kappa shape index (κ1) is 51.5. The van der Waals surface area contributed by atoms with Gasteiger partial charge in [0.15, 0.2) is 0 Å². The van der Waals surface area contributed by atoms with Crippen LogP contribution < -0.4 is 15.6 Å². The van der Waals surface area contributed by atoms with E-state index in [-0.39, 0.29) is 32.0 Å². The number of thiazole rings is 1. The maximum absolute atomic E-state index is 15.0. The highest BCUT2D eigenvalue weighted by Gasteiger charge is 2.37. The van der Waals surface area contributed by atoms with Gasteiger partial charge in [0, 0.05) is 86.0 Å². The Morgan fingerprint density at radius 3 is 2.54 bits per heavy atom. The fraction of sp³-hybridized carbons (Fsp3) is 0.583. The van der Waals surface area contributed by atoms with Crippen LogP contribution in [0.3, 0.4) is 0 Å². The smallest absolute Gasteiger partial charge is 0.408 e. The number of pyridine rings is 1. The first-order valence-corrected chi connectivity index (χ1v) is 24.1. The third kappa shape index (κ3) is 12.7. The number of esters is 1. The van der Waals surface area contributed by atoms with Gasteiger partial charge >= 0.3 is 24.2 Å². The van der Waals surface area contributed by atoms with E-state index in [4.69, 9.17) is 28.9 Å². The number of alkyl halides is 3. The average Bonchev–Trinajstić information content (AvgIpc) is 3.87. The van der Waals surface area contributed by atoms with Gasteiger partial charge in [-0.25, -0.2) is 15.2 Å². The number of hydrogen-bond acceptors (Lipinski definition) is 14. The molecule has 376 valence electrons. The number of aliphatic carboxylic acids is 1. The molecule has 69 heavy (non-hydrogen) atoms. The molecule has 0 saturated carbocycles. The molecule has 0 bridgehead atoms. The Hall–Kier alpha value is -5.35. The van der Waals surface area contributed by atoms with Crippen LogP contribution in [-0.2, 0) is 52.7 Å². The number of hydrazine groups is 1. The number of nitrogens with one attached hydrogen (secondary N) is 2. The number of aromatic nitrogens is 3. The Kier molecular flexibility index (Phi) is 15.6. The van der Waals surface area contributed by atoms with Crippen molar-refractivity contribution in [2.45, 2.75) is 117 Å². The number of carbonyl (C=O) groups is 4. The molecule has 4 atom stereocenters. The highest BCUT2D eigenvalue weighted by molar-refractivity contribution is 7.10. The summed E-state index contributed by atoms with van der Waals surface area (Å²) in [5.74, 6) is -2.17. The molecular weight excluding hydrogens is 922 g/mol. The predicted molar refractivity (Wildman–Crippen MR) is 253 cm³/mol. The molecule has 0 spiro atoms. The van der Waals surface area contributed by atoms with Crippen molar-refractivity contribution in [1.82, 2.24) is 35.2 Å². The zero-order valence-corrected chi connectivity index (χ0v) is 41.2. The van der Waals surface area contributed by atoms with E-state index >= 15 is 0 Å². The topological polar surface area (TPSA) is 190 Å². The van der Waals surface area contributed by atoms with Gasteiger partial charge in [-0.2, -0.15) is 13.2 Å². The largest absolute Gasteiger partial charge is 0.480 e. The highest BCUT2D eigenvalue weighted by Crippen LogP contribution is 2.44. The van der Waals surface area contributed by atoms with Crippen molar-refractivity contribution in [3.8, 4) is 22.5 Å². The number of carboxylic acids is 1. The zero-order valence-electron chi connectivity index (χ0n) is 40.4. The Morgan fingerprint density at radius 2 is 1.84 bits per heavy atom. The number of carboxylic acid groups (broad SMARTS) is 1. The van der Waals surface area contributed by atoms with Gasteiger partial charge in [-0.05, 0) is 70.7 Å². The van der Waals surface area contributed by atoms with Crippen molar-refractivity contribution in [2.75, 3.05) is 64.6 Å². The maximum atomic E-state index is 15.0. The standard InChI is InChI=1S/C48H63F3N8O9S/c1-28(65-8)41-34(19-31(22-52-41)57-15-14-56-16-17-66-24-32(56)23-57)42-35(21-47(6,7)27-67-29(2)60)33-18-30(11-12-39(33)58(42)26-48(49,50)51)38-25-69-40(53-38)20-37(54-45(64)68-46(3,4)5)43(61)59-13-9-10-36(55-59)44(62)63/h11-12,18-19,22,25,28,32,36-37,55H,9-10,13-17,20-21,23-24,26-27H2,1-8H3,(H,54,64)(H,62,63)/t28-,32-,36-,37-/m0/s1. The van der Waals surface area contributed by atoms with Crippen molar-refractivity contribution in [3.63, 3.8) is 0 Å². The second-order valence-corrected chi connectivity index (χ2v) is 20.7. The maximum Gasteiger partial charge on any atom is 0.408 e. The molecule has 6 heterocycles. The van der Waals surface area contributed by atoms with E-state index in [9.17, 15) is 37.5 Å². The number of anilines is 1. The molecule has 0 unspecified atom stereocenters. The Bertz CT molecular complexity index is 2520. The van der Waals surface area contributed by atoms with Crippen LogP contribution in [0.4, 0.5) is 23.7 Å². The molecule has 2 amide bonds. The van der Waals surface area contributed by atoms with E-state index in [2.05, 4.69) is 20.5 Å². The Morgan fingerprint density at radius 1 is 1.07 bits per heavy atom. The second-order valence-electron chi connectivity index (χ2n) is 19.8. The van der Waals surface area contributed by atoms with Gasteiger partial charge in [0.25, 0.3) is 5.91 Å². The lowest BCUT2D eigenvalue weighted by molar-refractivity contribution is -0.148. The molecule has 4 aromatic rings. The number of amides is 2. The van der Waals surface area contributed by atoms with E-state index in [0.717, 1.165) is 18.8 Å². The molecule has 1 aromatic carbocycles. The lowest BCUT2D eigenvalue weighted by Gasteiger charge is -2.44. The Balaban J connectivity index is 1.33. The second kappa shape index (κ2) is 20.9. The molecule has 3 saturated heterocycles. The van der Waals surface area contributed by atoms with Gasteiger partial charge in [0.2, 0.25) is 0 Å². The number of rotatable bonds is 15. The average molecular weight is 985 g/mol. The van der Waals surface area contributed by atoms with Crippen molar-refractivity contribution < 1.29 is 56.4 Å². The SMILES string of the molecule is CO[C@@H](C)c1ncc(N2CCN3CCOC[C@@H]3C2)cc1-c1c(CC(C)(C)COC(C)=O)c2cc(-c3csc(C[C@H](NC(=O)OC(C)(C)C)C(=O)N4CCC[C@@H](C(=O)O)N4)n3)ccc2n1CC(F)(F)F. The summed E-state index contributed by atoms with van der Waals surface area (Å²) in [6.07, 6.45) is -3.47. The normalized spacial score (nSPS) is 19.2. The van der Waals surface area contributed by atoms with Crippen molar-refractivity contribution >= 4 is 51.9 Å². The van der Waals surface area contributed by atoms with Crippen molar-refractivity contribution in [1.29, 1.82) is 0 Å². The summed E-state index contributed by atoms with van der Waals surface area (Å²) in [6.45, 7) is 15.1. The van der Waals surface area contributed by atoms with Gasteiger partial charge < -0.3 is 38.8 Å². The summed E-state index contributed by atoms with van der Waals surface area (Å²) in [4.78, 5) is 65.3. The summed E-state index contributed by atoms with van der Waals surface area (Å²) in [7, 11) is 1.53. The van der Waals surface area contributed by atoms with Crippen molar-refractivity contribution in [2.24, 2.45) is 5.41 Å². The molecule has 3 aliphatic rings. The molecule has 7 rings (SSSR count). The van der Waals surface area contributed by atoms with E-state index in [1.807, 2.05) is 26.0 Å². The fourth-order valence-electron chi connectivity index (χ4n) is 9.16. The van der Waals surface area contributed by atoms with E-state index < -0.39 is 65.9 Å². The first-order valence-electron chi connectivity index (χ1n) is 23.2. The number of halogens is 3. The molecular formula is C48H63F3N8O9S. The van der Waals surface area contributed by atoms with Crippen LogP contribution in [0.25, 0.3) is 33.4 Å². The number of benzene rings is 1. The Labute approximate surface area is 403 Å². The summed E-state index contributed by atoms with van der Waals surface area (Å²) in [6, 6.07) is 5.05. The van der Waals surface area contributed by atoms with E-state index in [1.54, 1.807) is 51.4 Å². The van der Waals surface area contributed by atoms with Crippen LogP contribution in [0.2, 0.25) is 0 Å². The molecule has 0 aliphatic carbocycles. The van der Waals surface area contributed by atoms with Gasteiger partial charge in [-0.15, -0.1) is 11.3 Å². The monoisotopic (exact) mass is 984 g/mol. The molecule has 3 fully saturated rings. The number of alkyl carbamates (subject to hydrolysis) is 1. The molecule has 3 N–H and O–H groups in total. The number of ether oxygens (including phenoxy) is 4. The lowest BCUT2D eigenvalue weighted by Crippen LogP contribution is -2.60. The molecule has 3 aliphatic heterocycles. The number of fused-ring (bicyclic) bond motifs is 2. The number of methoxy groups -OCH3 is 1. The van der Waals surface area contributed by atoms with Gasteiger partial charge in [0.05, 0.1) is 65.9 Å². The lowest BCUT2D eigenvalue weighted by atomic mass is 9.84. The number of hydrogen-bond donors (Lipinski definition) is 3. The third-order valence-electron chi connectivity index (χ3n) is 12.5. The third-order valence-corrected chi connectivity index (χ3v) is 13.4. The minimum atomic E-state index is -4.64. The molecule has 21 heteroatoms. The predicted octanol–water partition coefficient (Wildman–Crippen LogP) is 6.77. The zero-order chi connectivity index (χ0) is 50.0. The molecule has 3 aromatic heterocycles. The number of piperazine rings is 1. The molecule has 0 radical (unpaired) electrons. The summed E-state index contributed by atoms with van der Waals surface area (Å²) >= 11 is 1.23. The van der Waals surface area contributed by atoms with Crippen LogP contribution >= 0.6 is 11.3 Å². The highest BCUT2D eigenvalue weighted by atomic mass is 32.1. The summed E-state index contributed by atoms with van der Waals surface area (Å²) < 4.78 is 68.8. The quantitative estimate of drug-likeness (QED) is 0.106.